The van der Waals surface area contributed by atoms with Gasteiger partial charge in [-0.2, -0.15) is 0 Å². The maximum Gasteiger partial charge on any atom is 2.00 e. The van der Waals surface area contributed by atoms with Crippen LogP contribution in [0.2, 0.25) is 0 Å². The van der Waals surface area contributed by atoms with E-state index < -0.39 is 23.9 Å². The third kappa shape index (κ3) is 59.6. The molecule has 0 aromatic rings. The Kier molecular flexibility index (Phi) is 48.7. The molecule has 0 amide bonds. The summed E-state index contributed by atoms with van der Waals surface area (Å²) in [7, 11) is 2.31. The maximum atomic E-state index is 10.1. The number of hydrogen-bond donors (Lipinski definition) is 0. The number of carboxylic acids is 2. The number of esters is 2. The second-order valence-electron chi connectivity index (χ2n) is 6.89. The van der Waals surface area contributed by atoms with Crippen LogP contribution in [0.4, 0.5) is 0 Å². The molecular weight excluding hydrogens is 559 g/mol. The van der Waals surface area contributed by atoms with Gasteiger partial charge in [0.05, 0.1) is 26.2 Å². The van der Waals surface area contributed by atoms with Crippen LogP contribution in [0.5, 0.6) is 0 Å². The fourth-order valence-electron chi connectivity index (χ4n) is 1.97. The van der Waals surface area contributed by atoms with Crippen molar-refractivity contribution >= 4 is 47.8 Å². The molecular formula is C26H44O8Sn. The number of rotatable bonds is 14. The zero-order valence-electron chi connectivity index (χ0n) is 22.0. The van der Waals surface area contributed by atoms with Gasteiger partial charge >= 0.3 is 35.8 Å². The number of methoxy groups -OCH3 is 2. The Labute approximate surface area is 229 Å². The van der Waals surface area contributed by atoms with Crippen LogP contribution in [0.1, 0.15) is 90.9 Å². The van der Waals surface area contributed by atoms with Crippen molar-refractivity contribution in [3.8, 4) is 0 Å². The van der Waals surface area contributed by atoms with Gasteiger partial charge in [0.2, 0.25) is 0 Å². The molecule has 0 aliphatic carbocycles. The van der Waals surface area contributed by atoms with E-state index in [2.05, 4.69) is 37.2 Å². The predicted octanol–water partition coefficient (Wildman–Crippen LogP) is 2.91. The third-order valence-corrected chi connectivity index (χ3v) is 3.82. The topological polar surface area (TPSA) is 133 Å². The molecule has 0 rings (SSSR count). The van der Waals surface area contributed by atoms with Gasteiger partial charge in [-0.1, -0.05) is 105 Å². The molecule has 0 aliphatic rings. The first-order valence-electron chi connectivity index (χ1n) is 11.7. The quantitative estimate of drug-likeness (QED) is 0.128. The summed E-state index contributed by atoms with van der Waals surface area (Å²) >= 11 is 0. The Bertz CT molecular complexity index is 485. The normalized spacial score (nSPS) is 9.31. The van der Waals surface area contributed by atoms with Crippen molar-refractivity contribution < 1.29 is 38.9 Å². The fourth-order valence-corrected chi connectivity index (χ4v) is 1.97. The van der Waals surface area contributed by atoms with E-state index in [1.54, 1.807) is 0 Å². The van der Waals surface area contributed by atoms with Crippen molar-refractivity contribution in [1.29, 1.82) is 0 Å². The van der Waals surface area contributed by atoms with Crippen LogP contribution in [-0.2, 0) is 28.7 Å². The summed E-state index contributed by atoms with van der Waals surface area (Å²) in [5.74, 6) is -4.25. The maximum absolute atomic E-state index is 10.1. The van der Waals surface area contributed by atoms with Gasteiger partial charge in [0.25, 0.3) is 0 Å². The number of carbonyl (C=O) groups is 4. The Balaban J connectivity index is -0.000000113. The number of aliphatic carboxylic acids is 2. The molecule has 9 heteroatoms. The van der Waals surface area contributed by atoms with E-state index in [0.29, 0.717) is 12.2 Å². The summed E-state index contributed by atoms with van der Waals surface area (Å²) in [5, 5.41) is 19.2. The first-order valence-corrected chi connectivity index (χ1v) is 11.7. The Morgan fingerprint density at radius 1 is 0.600 bits per heavy atom. The van der Waals surface area contributed by atoms with Crippen LogP contribution in [0.25, 0.3) is 0 Å². The Morgan fingerprint density at radius 2 is 0.886 bits per heavy atom. The molecule has 8 nitrogen and oxygen atoms in total. The smallest absolute Gasteiger partial charge is 0.545 e. The fraction of sp³-hybridized carbons (Fsp3) is 0.615. The van der Waals surface area contributed by atoms with Crippen molar-refractivity contribution in [2.24, 2.45) is 0 Å². The zero-order chi connectivity index (χ0) is 27.0. The Hall–Kier alpha value is -1.84. The van der Waals surface area contributed by atoms with Gasteiger partial charge in [0.1, 0.15) is 0 Å². The molecule has 0 saturated carbocycles. The van der Waals surface area contributed by atoms with Crippen LogP contribution >= 0.6 is 0 Å². The minimum Gasteiger partial charge on any atom is -0.545 e. The summed E-state index contributed by atoms with van der Waals surface area (Å²) in [4.78, 5) is 39.5. The van der Waals surface area contributed by atoms with Crippen molar-refractivity contribution in [2.75, 3.05) is 14.2 Å². The first-order chi connectivity index (χ1) is 16.2. The summed E-state index contributed by atoms with van der Waals surface area (Å²) in [6.07, 6.45) is 18.7. The van der Waals surface area contributed by atoms with E-state index in [0.717, 1.165) is 39.2 Å². The monoisotopic (exact) mass is 604 g/mol. The van der Waals surface area contributed by atoms with Gasteiger partial charge in [-0.15, -0.1) is 0 Å². The molecule has 35 heavy (non-hydrogen) atoms. The molecule has 0 saturated heterocycles. The summed E-state index contributed by atoms with van der Waals surface area (Å²) in [6, 6.07) is 0. The average molecular weight is 603 g/mol. The molecule has 0 aliphatic heterocycles. The van der Waals surface area contributed by atoms with Crippen LogP contribution in [0.15, 0.2) is 24.3 Å². The summed E-state index contributed by atoms with van der Waals surface area (Å²) in [5.41, 5.74) is 0. The molecule has 200 valence electrons. The molecule has 0 N–H and O–H groups in total. The number of hydrogen-bond acceptors (Lipinski definition) is 8. The van der Waals surface area contributed by atoms with E-state index >= 15 is 0 Å². The summed E-state index contributed by atoms with van der Waals surface area (Å²) < 4.78 is 8.17. The van der Waals surface area contributed by atoms with E-state index in [4.69, 9.17) is 0 Å². The molecule has 4 radical (unpaired) electrons. The van der Waals surface area contributed by atoms with Crippen molar-refractivity contribution in [3.63, 3.8) is 0 Å². The van der Waals surface area contributed by atoms with Crippen LogP contribution in [0, 0.1) is 13.8 Å². The predicted molar refractivity (Wildman–Crippen MR) is 136 cm³/mol. The summed E-state index contributed by atoms with van der Waals surface area (Å²) in [6.45, 7) is 12.0. The molecule has 0 atom stereocenters. The minimum absolute atomic E-state index is 0. The Morgan fingerprint density at radius 3 is 1.09 bits per heavy atom. The van der Waals surface area contributed by atoms with E-state index in [1.165, 1.54) is 64.2 Å². The van der Waals surface area contributed by atoms with Crippen LogP contribution in [0.3, 0.4) is 0 Å². The zero-order valence-corrected chi connectivity index (χ0v) is 24.8. The van der Waals surface area contributed by atoms with Gasteiger partial charge in [-0.3, -0.25) is 0 Å². The second-order valence-corrected chi connectivity index (χ2v) is 6.89. The third-order valence-electron chi connectivity index (χ3n) is 3.82. The molecule has 0 bridgehead atoms. The molecule has 0 aromatic carbocycles. The number of carbonyl (C=O) groups excluding carboxylic acids is 4. The van der Waals surface area contributed by atoms with Gasteiger partial charge in [-0.05, 0) is 12.2 Å². The first kappa shape index (κ1) is 43.2. The molecule has 0 spiro atoms. The van der Waals surface area contributed by atoms with Crippen molar-refractivity contribution in [3.05, 3.63) is 38.2 Å². The SMILES string of the molecule is COC(=O)/C=C\C(=O)[O-].COC(=O)/C=C\C(=O)[O-].[CH2]CCCCCCC.[CH2]CCCCCCC.[Sn+2]. The van der Waals surface area contributed by atoms with E-state index in [1.807, 2.05) is 0 Å². The number of unbranched alkanes of at least 4 members (excludes halogenated alkanes) is 10. The molecule has 0 unspecified atom stereocenters. The molecule has 0 fully saturated rings. The van der Waals surface area contributed by atoms with Crippen LogP contribution < -0.4 is 10.2 Å². The average Bonchev–Trinajstić information content (AvgIpc) is 2.82. The molecule has 0 heterocycles. The molecule has 0 aromatic heterocycles. The number of carboxylic acid groups (broad SMARTS) is 2. The van der Waals surface area contributed by atoms with Crippen LogP contribution in [-0.4, -0.2) is 62.0 Å². The van der Waals surface area contributed by atoms with E-state index in [9.17, 15) is 29.4 Å². The van der Waals surface area contributed by atoms with Gasteiger partial charge in [-0.25, -0.2) is 9.59 Å². The van der Waals surface area contributed by atoms with Gasteiger partial charge < -0.3 is 29.3 Å². The van der Waals surface area contributed by atoms with Crippen molar-refractivity contribution in [1.82, 2.24) is 0 Å². The standard InChI is InChI=1S/2C8H17.2C5H6O4.Sn/c2*1-3-5-7-8-6-4-2;2*1-9-5(8)3-2-4(6)7;/h2*1,3-8H2,2H3;2*2-3H,1H3,(H,6,7);/q;;;;+2/p-2/b;;2*3-2-;. The minimum atomic E-state index is -1.42. The van der Waals surface area contributed by atoms with Crippen molar-refractivity contribution in [2.45, 2.75) is 90.9 Å². The number of ether oxygens (including phenoxy) is 2. The van der Waals surface area contributed by atoms with Gasteiger partial charge in [0.15, 0.2) is 0 Å². The largest absolute Gasteiger partial charge is 2.00 e. The van der Waals surface area contributed by atoms with Gasteiger partial charge in [0, 0.05) is 12.2 Å². The second kappa shape index (κ2) is 39.4. The van der Waals surface area contributed by atoms with E-state index in [-0.39, 0.29) is 23.9 Å².